The van der Waals surface area contributed by atoms with Gasteiger partial charge in [-0.1, -0.05) is 25.1 Å². The van der Waals surface area contributed by atoms with Crippen LogP contribution in [-0.2, 0) is 6.42 Å². The van der Waals surface area contributed by atoms with E-state index in [0.29, 0.717) is 23.1 Å². The van der Waals surface area contributed by atoms with Crippen molar-refractivity contribution < 1.29 is 14.3 Å². The van der Waals surface area contributed by atoms with E-state index >= 15 is 0 Å². The van der Waals surface area contributed by atoms with Crippen molar-refractivity contribution in [1.29, 1.82) is 0 Å². The minimum atomic E-state index is -0.329. The van der Waals surface area contributed by atoms with Gasteiger partial charge in [-0.05, 0) is 42.7 Å². The fraction of sp³-hybridized carbons (Fsp3) is 0.190. The molecule has 0 saturated carbocycles. The van der Waals surface area contributed by atoms with Crippen molar-refractivity contribution in [2.24, 2.45) is 0 Å². The molecule has 4 rings (SSSR count). The molecule has 7 heteroatoms. The molecule has 0 atom stereocenters. The number of rotatable bonds is 5. The highest BCUT2D eigenvalue weighted by Gasteiger charge is 2.16. The molecule has 1 aromatic heterocycles. The minimum Gasteiger partial charge on any atom is -0.454 e. The van der Waals surface area contributed by atoms with Crippen LogP contribution in [0.15, 0.2) is 48.7 Å². The number of para-hydroxylation sites is 1. The van der Waals surface area contributed by atoms with Gasteiger partial charge in [0.2, 0.25) is 12.7 Å². The van der Waals surface area contributed by atoms with Crippen LogP contribution in [0.4, 0.5) is 17.3 Å². The van der Waals surface area contributed by atoms with E-state index in [9.17, 15) is 4.79 Å². The van der Waals surface area contributed by atoms with Crippen molar-refractivity contribution in [2.45, 2.75) is 20.3 Å². The van der Waals surface area contributed by atoms with Gasteiger partial charge in [0, 0.05) is 23.6 Å². The fourth-order valence-electron chi connectivity index (χ4n) is 3.03. The molecule has 0 unspecified atom stereocenters. The van der Waals surface area contributed by atoms with Crippen LogP contribution in [0.2, 0.25) is 0 Å². The zero-order chi connectivity index (χ0) is 19.5. The SMILES string of the molecule is CCc1cccc(C)c1Nc1nccc(C(=O)Nc2ccc3c(c2)OCO3)n1. The molecule has 2 N–H and O–H groups in total. The number of anilines is 3. The Morgan fingerprint density at radius 3 is 2.86 bits per heavy atom. The Balaban J connectivity index is 1.53. The largest absolute Gasteiger partial charge is 0.454 e. The van der Waals surface area contributed by atoms with Gasteiger partial charge in [-0.2, -0.15) is 0 Å². The maximum atomic E-state index is 12.6. The first kappa shape index (κ1) is 17.8. The number of fused-ring (bicyclic) bond motifs is 1. The lowest BCUT2D eigenvalue weighted by atomic mass is 10.1. The molecule has 142 valence electrons. The Morgan fingerprint density at radius 1 is 1.14 bits per heavy atom. The summed E-state index contributed by atoms with van der Waals surface area (Å²) in [4.78, 5) is 21.2. The number of nitrogens with zero attached hydrogens (tertiary/aromatic N) is 2. The molecule has 1 aliphatic heterocycles. The monoisotopic (exact) mass is 376 g/mol. The Bertz CT molecular complexity index is 1040. The lowest BCUT2D eigenvalue weighted by Gasteiger charge is -2.13. The second-order valence-electron chi connectivity index (χ2n) is 6.38. The molecule has 0 aliphatic carbocycles. The molecular formula is C21H20N4O3. The highest BCUT2D eigenvalue weighted by atomic mass is 16.7. The molecule has 1 amide bonds. The topological polar surface area (TPSA) is 85.4 Å². The standard InChI is InChI=1S/C21H20N4O3/c1-3-14-6-4-5-13(2)19(14)25-21-22-10-9-16(24-21)20(26)23-15-7-8-17-18(11-15)28-12-27-17/h4-11H,3,12H2,1-2H3,(H,23,26)(H,22,24,25). The molecule has 2 aromatic carbocycles. The summed E-state index contributed by atoms with van der Waals surface area (Å²) < 4.78 is 10.6. The van der Waals surface area contributed by atoms with Gasteiger partial charge in [0.05, 0.1) is 0 Å². The molecule has 0 saturated heterocycles. The zero-order valence-electron chi connectivity index (χ0n) is 15.7. The van der Waals surface area contributed by atoms with Gasteiger partial charge in [0.15, 0.2) is 11.5 Å². The van der Waals surface area contributed by atoms with Crippen molar-refractivity contribution >= 4 is 23.2 Å². The first-order chi connectivity index (χ1) is 13.6. The molecule has 0 fully saturated rings. The number of amides is 1. The number of hydrogen-bond donors (Lipinski definition) is 2. The minimum absolute atomic E-state index is 0.187. The molecule has 3 aromatic rings. The van der Waals surface area contributed by atoms with Crippen molar-refractivity contribution in [3.8, 4) is 11.5 Å². The van der Waals surface area contributed by atoms with E-state index in [1.807, 2.05) is 19.1 Å². The second-order valence-corrected chi connectivity index (χ2v) is 6.38. The maximum absolute atomic E-state index is 12.6. The van der Waals surface area contributed by atoms with Crippen molar-refractivity contribution in [2.75, 3.05) is 17.4 Å². The van der Waals surface area contributed by atoms with Crippen molar-refractivity contribution in [3.05, 3.63) is 65.5 Å². The predicted molar refractivity (Wildman–Crippen MR) is 106 cm³/mol. The van der Waals surface area contributed by atoms with Gasteiger partial charge in [0.1, 0.15) is 5.69 Å². The molecule has 7 nitrogen and oxygen atoms in total. The van der Waals surface area contributed by atoms with Gasteiger partial charge in [0.25, 0.3) is 5.91 Å². The molecule has 28 heavy (non-hydrogen) atoms. The zero-order valence-corrected chi connectivity index (χ0v) is 15.7. The van der Waals surface area contributed by atoms with Gasteiger partial charge in [-0.3, -0.25) is 4.79 Å². The third-order valence-electron chi connectivity index (χ3n) is 4.50. The summed E-state index contributed by atoms with van der Waals surface area (Å²) in [6.45, 7) is 4.31. The number of nitrogens with one attached hydrogen (secondary N) is 2. The van der Waals surface area contributed by atoms with Gasteiger partial charge in [-0.25, -0.2) is 9.97 Å². The van der Waals surface area contributed by atoms with Gasteiger partial charge in [-0.15, -0.1) is 0 Å². The van der Waals surface area contributed by atoms with Gasteiger partial charge < -0.3 is 20.1 Å². The fourth-order valence-corrected chi connectivity index (χ4v) is 3.03. The first-order valence-corrected chi connectivity index (χ1v) is 9.03. The van der Waals surface area contributed by atoms with Crippen LogP contribution in [0.25, 0.3) is 0 Å². The van der Waals surface area contributed by atoms with Crippen LogP contribution < -0.4 is 20.1 Å². The van der Waals surface area contributed by atoms with E-state index in [0.717, 1.165) is 17.7 Å². The van der Waals surface area contributed by atoms with Crippen LogP contribution in [0.3, 0.4) is 0 Å². The third-order valence-corrected chi connectivity index (χ3v) is 4.50. The summed E-state index contributed by atoms with van der Waals surface area (Å²) in [5.74, 6) is 1.32. The number of benzene rings is 2. The Morgan fingerprint density at radius 2 is 2.00 bits per heavy atom. The van der Waals surface area contributed by atoms with Crippen LogP contribution in [0, 0.1) is 6.92 Å². The summed E-state index contributed by atoms with van der Waals surface area (Å²) in [5.41, 5.74) is 4.10. The summed E-state index contributed by atoms with van der Waals surface area (Å²) >= 11 is 0. The van der Waals surface area contributed by atoms with Crippen LogP contribution in [-0.4, -0.2) is 22.7 Å². The van der Waals surface area contributed by atoms with E-state index in [4.69, 9.17) is 9.47 Å². The Labute approximate surface area is 162 Å². The highest BCUT2D eigenvalue weighted by Crippen LogP contribution is 2.34. The van der Waals surface area contributed by atoms with E-state index in [2.05, 4.69) is 33.6 Å². The highest BCUT2D eigenvalue weighted by molar-refractivity contribution is 6.03. The number of carbonyl (C=O) groups excluding carboxylic acids is 1. The summed E-state index contributed by atoms with van der Waals surface area (Å²) in [6, 6.07) is 12.9. The lowest BCUT2D eigenvalue weighted by molar-refractivity contribution is 0.102. The molecular weight excluding hydrogens is 356 g/mol. The van der Waals surface area contributed by atoms with E-state index in [1.165, 1.54) is 5.56 Å². The third kappa shape index (κ3) is 3.59. The van der Waals surface area contributed by atoms with E-state index < -0.39 is 0 Å². The lowest BCUT2D eigenvalue weighted by Crippen LogP contribution is -2.15. The summed E-state index contributed by atoms with van der Waals surface area (Å²) in [7, 11) is 0. The average molecular weight is 376 g/mol. The van der Waals surface area contributed by atoms with Crippen molar-refractivity contribution in [1.82, 2.24) is 9.97 Å². The van der Waals surface area contributed by atoms with Crippen molar-refractivity contribution in [3.63, 3.8) is 0 Å². The smallest absolute Gasteiger partial charge is 0.274 e. The Kier molecular flexibility index (Phi) is 4.80. The molecule has 1 aliphatic rings. The number of ether oxygens (including phenoxy) is 2. The van der Waals surface area contributed by atoms with E-state index in [-0.39, 0.29) is 18.4 Å². The molecule has 0 radical (unpaired) electrons. The first-order valence-electron chi connectivity index (χ1n) is 9.03. The number of carbonyl (C=O) groups is 1. The maximum Gasteiger partial charge on any atom is 0.274 e. The summed E-state index contributed by atoms with van der Waals surface area (Å²) in [6.07, 6.45) is 2.45. The quantitative estimate of drug-likeness (QED) is 0.698. The predicted octanol–water partition coefficient (Wildman–Crippen LogP) is 4.07. The summed E-state index contributed by atoms with van der Waals surface area (Å²) in [5, 5.41) is 6.07. The van der Waals surface area contributed by atoms with Crippen LogP contribution in [0.1, 0.15) is 28.5 Å². The molecule has 2 heterocycles. The number of aryl methyl sites for hydroxylation is 2. The van der Waals surface area contributed by atoms with E-state index in [1.54, 1.807) is 30.5 Å². The number of hydrogen-bond acceptors (Lipinski definition) is 6. The molecule has 0 spiro atoms. The number of aromatic nitrogens is 2. The Hall–Kier alpha value is -3.61. The molecule has 0 bridgehead atoms. The van der Waals surface area contributed by atoms with Gasteiger partial charge >= 0.3 is 0 Å². The van der Waals surface area contributed by atoms with Crippen LogP contribution >= 0.6 is 0 Å². The second kappa shape index (κ2) is 7.56. The van der Waals surface area contributed by atoms with Crippen LogP contribution in [0.5, 0.6) is 11.5 Å². The normalized spacial score (nSPS) is 11.9. The average Bonchev–Trinajstić information content (AvgIpc) is 3.17.